The first-order valence-electron chi connectivity index (χ1n) is 5.53. The minimum atomic E-state index is 0.266. The maximum Gasteiger partial charge on any atom is 0.223 e. The van der Waals surface area contributed by atoms with Gasteiger partial charge < -0.3 is 5.32 Å². The van der Waals surface area contributed by atoms with Gasteiger partial charge in [-0.25, -0.2) is 0 Å². The van der Waals surface area contributed by atoms with Gasteiger partial charge in [-0.15, -0.1) is 0 Å². The van der Waals surface area contributed by atoms with Crippen molar-refractivity contribution in [2.45, 2.75) is 19.8 Å². The third-order valence-electron chi connectivity index (χ3n) is 3.80. The molecule has 1 amide bonds. The standard InChI is InChI=1S/C13H15NO/c1-9-2-4-10(5-3-9)6-13-7-11(13)12(15)14-8-13/h2-5,11H,6-8H2,1H3,(H,14,15). The number of amides is 1. The van der Waals surface area contributed by atoms with E-state index in [1.165, 1.54) is 11.1 Å². The fourth-order valence-corrected chi connectivity index (χ4v) is 2.67. The van der Waals surface area contributed by atoms with Gasteiger partial charge in [0, 0.05) is 17.9 Å². The largest absolute Gasteiger partial charge is 0.355 e. The molecule has 1 aromatic rings. The highest BCUT2D eigenvalue weighted by atomic mass is 16.2. The third kappa shape index (κ3) is 1.36. The topological polar surface area (TPSA) is 29.1 Å². The van der Waals surface area contributed by atoms with Gasteiger partial charge >= 0.3 is 0 Å². The Morgan fingerprint density at radius 2 is 2.13 bits per heavy atom. The number of benzene rings is 1. The number of hydrogen-bond donors (Lipinski definition) is 1. The molecule has 2 aliphatic rings. The van der Waals surface area contributed by atoms with Crippen LogP contribution in [0, 0.1) is 18.3 Å². The maximum atomic E-state index is 11.4. The van der Waals surface area contributed by atoms with Crippen molar-refractivity contribution in [2.24, 2.45) is 11.3 Å². The number of hydrogen-bond acceptors (Lipinski definition) is 1. The SMILES string of the molecule is Cc1ccc(CC23CNC(=O)C2C3)cc1. The second-order valence-corrected chi connectivity index (χ2v) is 5.00. The fourth-order valence-electron chi connectivity index (χ4n) is 2.67. The maximum absolute atomic E-state index is 11.4. The summed E-state index contributed by atoms with van der Waals surface area (Å²) >= 11 is 0. The van der Waals surface area contributed by atoms with E-state index in [9.17, 15) is 4.79 Å². The first-order valence-corrected chi connectivity index (χ1v) is 5.53. The van der Waals surface area contributed by atoms with Crippen LogP contribution in [0.25, 0.3) is 0 Å². The van der Waals surface area contributed by atoms with Crippen molar-refractivity contribution >= 4 is 5.91 Å². The van der Waals surface area contributed by atoms with Crippen LogP contribution < -0.4 is 5.32 Å². The number of nitrogens with one attached hydrogen (secondary N) is 1. The third-order valence-corrected chi connectivity index (χ3v) is 3.80. The van der Waals surface area contributed by atoms with E-state index in [2.05, 4.69) is 36.5 Å². The Morgan fingerprint density at radius 3 is 2.67 bits per heavy atom. The summed E-state index contributed by atoms with van der Waals surface area (Å²) in [6.45, 7) is 2.98. The second-order valence-electron chi connectivity index (χ2n) is 5.00. The normalized spacial score (nSPS) is 32.3. The van der Waals surface area contributed by atoms with Gasteiger partial charge in [-0.3, -0.25) is 4.79 Å². The van der Waals surface area contributed by atoms with E-state index in [-0.39, 0.29) is 11.3 Å². The van der Waals surface area contributed by atoms with E-state index in [0.717, 1.165) is 19.4 Å². The molecule has 2 heteroatoms. The zero-order valence-electron chi connectivity index (χ0n) is 8.92. The molecule has 2 fully saturated rings. The van der Waals surface area contributed by atoms with Gasteiger partial charge in [0.25, 0.3) is 0 Å². The van der Waals surface area contributed by atoms with Gasteiger partial charge in [0.1, 0.15) is 0 Å². The lowest BCUT2D eigenvalue weighted by Crippen LogP contribution is -2.21. The second kappa shape index (κ2) is 2.84. The van der Waals surface area contributed by atoms with Crippen molar-refractivity contribution in [3.63, 3.8) is 0 Å². The highest BCUT2D eigenvalue weighted by Gasteiger charge is 2.61. The summed E-state index contributed by atoms with van der Waals surface area (Å²) < 4.78 is 0. The monoisotopic (exact) mass is 201 g/mol. The molecule has 1 saturated carbocycles. The Hall–Kier alpha value is -1.31. The Labute approximate surface area is 89.7 Å². The molecule has 78 valence electrons. The average Bonchev–Trinajstić information content (AvgIpc) is 2.86. The number of carbonyl (C=O) groups is 1. The van der Waals surface area contributed by atoms with Crippen LogP contribution >= 0.6 is 0 Å². The van der Waals surface area contributed by atoms with Gasteiger partial charge in [0.05, 0.1) is 0 Å². The molecule has 0 spiro atoms. The van der Waals surface area contributed by atoms with Gasteiger partial charge in [0.2, 0.25) is 5.91 Å². The van der Waals surface area contributed by atoms with E-state index >= 15 is 0 Å². The molecule has 0 radical (unpaired) electrons. The lowest BCUT2D eigenvalue weighted by Gasteiger charge is -2.10. The predicted octanol–water partition coefficient (Wildman–Crippen LogP) is 1.67. The molecule has 1 aromatic carbocycles. The Morgan fingerprint density at radius 1 is 1.40 bits per heavy atom. The molecular weight excluding hydrogens is 186 g/mol. The van der Waals surface area contributed by atoms with Crippen molar-refractivity contribution in [1.82, 2.24) is 5.32 Å². The molecule has 15 heavy (non-hydrogen) atoms. The number of fused-ring (bicyclic) bond motifs is 1. The summed E-state index contributed by atoms with van der Waals surface area (Å²) in [5.74, 6) is 0.570. The van der Waals surface area contributed by atoms with E-state index in [4.69, 9.17) is 0 Å². The molecule has 1 N–H and O–H groups in total. The summed E-state index contributed by atoms with van der Waals surface area (Å²) in [5, 5.41) is 2.95. The van der Waals surface area contributed by atoms with Crippen molar-refractivity contribution in [2.75, 3.05) is 6.54 Å². The summed E-state index contributed by atoms with van der Waals surface area (Å²) in [4.78, 5) is 11.4. The lowest BCUT2D eigenvalue weighted by molar-refractivity contribution is -0.120. The molecule has 2 unspecified atom stereocenters. The molecule has 1 aliphatic carbocycles. The minimum Gasteiger partial charge on any atom is -0.355 e. The molecule has 3 rings (SSSR count). The molecule has 2 atom stereocenters. The van der Waals surface area contributed by atoms with E-state index < -0.39 is 0 Å². The Bertz CT molecular complexity index is 409. The lowest BCUT2D eigenvalue weighted by atomic mass is 9.95. The van der Waals surface area contributed by atoms with Gasteiger partial charge in [0.15, 0.2) is 0 Å². The van der Waals surface area contributed by atoms with Gasteiger partial charge in [-0.1, -0.05) is 29.8 Å². The molecule has 0 aromatic heterocycles. The number of carbonyl (C=O) groups excluding carboxylic acids is 1. The zero-order valence-corrected chi connectivity index (χ0v) is 8.92. The molecule has 2 nitrogen and oxygen atoms in total. The summed E-state index contributed by atoms with van der Waals surface area (Å²) in [6.07, 6.45) is 2.14. The van der Waals surface area contributed by atoms with Crippen molar-refractivity contribution in [3.05, 3.63) is 35.4 Å². The average molecular weight is 201 g/mol. The highest BCUT2D eigenvalue weighted by molar-refractivity contribution is 5.85. The van der Waals surface area contributed by atoms with Gasteiger partial charge in [-0.2, -0.15) is 0 Å². The Balaban J connectivity index is 1.77. The van der Waals surface area contributed by atoms with Crippen LogP contribution in [0.3, 0.4) is 0 Å². The fraction of sp³-hybridized carbons (Fsp3) is 0.462. The molecule has 1 saturated heterocycles. The highest BCUT2D eigenvalue weighted by Crippen LogP contribution is 2.57. The Kier molecular flexibility index (Phi) is 1.70. The number of aryl methyl sites for hydroxylation is 1. The molecular formula is C13H15NO. The summed E-state index contributed by atoms with van der Waals surface area (Å²) in [6, 6.07) is 8.66. The van der Waals surface area contributed by atoms with Crippen molar-refractivity contribution in [1.29, 1.82) is 0 Å². The molecule has 1 heterocycles. The van der Waals surface area contributed by atoms with Crippen LogP contribution in [0.5, 0.6) is 0 Å². The van der Waals surface area contributed by atoms with Crippen LogP contribution in [0.2, 0.25) is 0 Å². The van der Waals surface area contributed by atoms with E-state index in [0.29, 0.717) is 5.92 Å². The minimum absolute atomic E-state index is 0.266. The van der Waals surface area contributed by atoms with Crippen LogP contribution in [0.15, 0.2) is 24.3 Å². The zero-order chi connectivity index (χ0) is 10.5. The number of rotatable bonds is 2. The van der Waals surface area contributed by atoms with Crippen LogP contribution in [-0.4, -0.2) is 12.5 Å². The summed E-state index contributed by atoms with van der Waals surface area (Å²) in [5.41, 5.74) is 2.93. The summed E-state index contributed by atoms with van der Waals surface area (Å²) in [7, 11) is 0. The quantitative estimate of drug-likeness (QED) is 0.775. The van der Waals surface area contributed by atoms with E-state index in [1.54, 1.807) is 0 Å². The van der Waals surface area contributed by atoms with Crippen molar-refractivity contribution in [3.8, 4) is 0 Å². The molecule has 0 bridgehead atoms. The van der Waals surface area contributed by atoms with Crippen LogP contribution in [-0.2, 0) is 11.2 Å². The smallest absolute Gasteiger partial charge is 0.223 e. The van der Waals surface area contributed by atoms with Gasteiger partial charge in [-0.05, 0) is 25.3 Å². The number of piperidine rings is 1. The van der Waals surface area contributed by atoms with Crippen LogP contribution in [0.1, 0.15) is 17.5 Å². The predicted molar refractivity (Wildman–Crippen MR) is 58.4 cm³/mol. The molecule has 1 aliphatic heterocycles. The van der Waals surface area contributed by atoms with E-state index in [1.807, 2.05) is 0 Å². The first kappa shape index (κ1) is 8.96. The first-order chi connectivity index (χ1) is 7.20. The van der Waals surface area contributed by atoms with Crippen molar-refractivity contribution < 1.29 is 4.79 Å². The van der Waals surface area contributed by atoms with Crippen LogP contribution in [0.4, 0.5) is 0 Å².